The molecule has 0 saturated carbocycles. The molecule has 2 rings (SSSR count). The topological polar surface area (TPSA) is 0 Å². The van der Waals surface area contributed by atoms with E-state index in [0.717, 1.165) is 6.42 Å². The Labute approximate surface area is 104 Å². The van der Waals surface area contributed by atoms with E-state index in [4.69, 9.17) is 0 Å². The zero-order valence-electron chi connectivity index (χ0n) is 10.8. The summed E-state index contributed by atoms with van der Waals surface area (Å²) in [5.74, 6) is 0.560. The van der Waals surface area contributed by atoms with Gasteiger partial charge in [-0.15, -0.1) is 0 Å². The van der Waals surface area contributed by atoms with Crippen molar-refractivity contribution in [3.63, 3.8) is 0 Å². The Balaban J connectivity index is 2.33. The van der Waals surface area contributed by atoms with Crippen molar-refractivity contribution in [1.29, 1.82) is 0 Å². The maximum atomic E-state index is 3.44. The summed E-state index contributed by atoms with van der Waals surface area (Å²) < 4.78 is 0. The lowest BCUT2D eigenvalue weighted by atomic mass is 9.91. The van der Waals surface area contributed by atoms with Crippen molar-refractivity contribution in [3.05, 3.63) is 70.8 Å². The van der Waals surface area contributed by atoms with Gasteiger partial charge in [0, 0.05) is 0 Å². The number of aryl methyl sites for hydroxylation is 1. The van der Waals surface area contributed by atoms with E-state index in [-0.39, 0.29) is 0 Å². The third-order valence-corrected chi connectivity index (χ3v) is 3.05. The highest BCUT2D eigenvalue weighted by Crippen LogP contribution is 2.22. The third kappa shape index (κ3) is 2.97. The molecule has 0 spiro atoms. The molecule has 0 nitrogen and oxygen atoms in total. The first-order valence-electron chi connectivity index (χ1n) is 6.22. The second-order valence-corrected chi connectivity index (χ2v) is 4.93. The van der Waals surface area contributed by atoms with Gasteiger partial charge in [-0.3, -0.25) is 0 Å². The van der Waals surface area contributed by atoms with Gasteiger partial charge in [0.05, 0.1) is 0 Å². The number of hydrogen-bond donors (Lipinski definition) is 0. The van der Waals surface area contributed by atoms with Gasteiger partial charge in [-0.2, -0.15) is 0 Å². The molecule has 0 saturated heterocycles. The van der Waals surface area contributed by atoms with Crippen LogP contribution >= 0.6 is 0 Å². The van der Waals surface area contributed by atoms with Crippen molar-refractivity contribution < 1.29 is 0 Å². The SMILES string of the molecule is Cc1c[c]c(Cc2ccccc2)c(C(C)C)c1. The monoisotopic (exact) mass is 223 g/mol. The van der Waals surface area contributed by atoms with Gasteiger partial charge in [0.15, 0.2) is 0 Å². The fourth-order valence-electron chi connectivity index (χ4n) is 2.13. The molecule has 0 aliphatic rings. The molecule has 0 aliphatic carbocycles. The Morgan fingerprint density at radius 3 is 2.47 bits per heavy atom. The first-order valence-corrected chi connectivity index (χ1v) is 6.22. The summed E-state index contributed by atoms with van der Waals surface area (Å²) in [4.78, 5) is 0. The Morgan fingerprint density at radius 1 is 1.12 bits per heavy atom. The highest BCUT2D eigenvalue weighted by molar-refractivity contribution is 5.36. The lowest BCUT2D eigenvalue weighted by molar-refractivity contribution is 0.845. The molecular weight excluding hydrogens is 204 g/mol. The lowest BCUT2D eigenvalue weighted by Gasteiger charge is -2.13. The van der Waals surface area contributed by atoms with Gasteiger partial charge in [-0.1, -0.05) is 61.9 Å². The molecule has 2 aromatic rings. The third-order valence-electron chi connectivity index (χ3n) is 3.05. The molecule has 2 aromatic carbocycles. The first-order chi connectivity index (χ1) is 8.16. The number of hydrogen-bond acceptors (Lipinski definition) is 0. The fraction of sp³-hybridized carbons (Fsp3) is 0.294. The molecule has 87 valence electrons. The fourth-order valence-corrected chi connectivity index (χ4v) is 2.13. The summed E-state index contributed by atoms with van der Waals surface area (Å²) >= 11 is 0. The van der Waals surface area contributed by atoms with Crippen molar-refractivity contribution in [3.8, 4) is 0 Å². The second-order valence-electron chi connectivity index (χ2n) is 4.93. The predicted octanol–water partition coefficient (Wildman–Crippen LogP) is 4.51. The van der Waals surface area contributed by atoms with Gasteiger partial charge in [0.25, 0.3) is 0 Å². The Bertz CT molecular complexity index is 481. The van der Waals surface area contributed by atoms with Gasteiger partial charge in [0.1, 0.15) is 0 Å². The van der Waals surface area contributed by atoms with Crippen LogP contribution in [-0.4, -0.2) is 0 Å². The molecule has 0 heterocycles. The summed E-state index contributed by atoms with van der Waals surface area (Å²) in [6.45, 7) is 6.63. The minimum absolute atomic E-state index is 0.560. The quantitative estimate of drug-likeness (QED) is 0.718. The molecule has 0 amide bonds. The Kier molecular flexibility index (Phi) is 3.63. The zero-order chi connectivity index (χ0) is 12.3. The second kappa shape index (κ2) is 5.18. The average molecular weight is 223 g/mol. The van der Waals surface area contributed by atoms with E-state index < -0.39 is 0 Å². The molecular formula is C17H19. The molecule has 1 radical (unpaired) electrons. The molecule has 17 heavy (non-hydrogen) atoms. The van der Waals surface area contributed by atoms with Gasteiger partial charge in [-0.05, 0) is 42.0 Å². The molecule has 0 unspecified atom stereocenters. The van der Waals surface area contributed by atoms with E-state index in [1.54, 1.807) is 0 Å². The van der Waals surface area contributed by atoms with Crippen LogP contribution in [0.1, 0.15) is 42.0 Å². The van der Waals surface area contributed by atoms with Crippen molar-refractivity contribution in [2.24, 2.45) is 0 Å². The van der Waals surface area contributed by atoms with Crippen molar-refractivity contribution in [1.82, 2.24) is 0 Å². The molecule has 0 N–H and O–H groups in total. The van der Waals surface area contributed by atoms with E-state index in [2.05, 4.69) is 69.3 Å². The van der Waals surface area contributed by atoms with E-state index in [9.17, 15) is 0 Å². The minimum atomic E-state index is 0.560. The zero-order valence-corrected chi connectivity index (χ0v) is 10.8. The summed E-state index contributed by atoms with van der Waals surface area (Å²) in [5.41, 5.74) is 5.41. The number of rotatable bonds is 3. The van der Waals surface area contributed by atoms with Crippen LogP contribution < -0.4 is 0 Å². The van der Waals surface area contributed by atoms with E-state index in [1.165, 1.54) is 22.3 Å². The van der Waals surface area contributed by atoms with E-state index >= 15 is 0 Å². The molecule has 0 aromatic heterocycles. The lowest BCUT2D eigenvalue weighted by Crippen LogP contribution is -1.98. The predicted molar refractivity (Wildman–Crippen MR) is 73.4 cm³/mol. The van der Waals surface area contributed by atoms with Crippen LogP contribution in [0, 0.1) is 13.0 Å². The largest absolute Gasteiger partial charge is 0.0622 e. The van der Waals surface area contributed by atoms with Crippen molar-refractivity contribution in [2.45, 2.75) is 33.1 Å². The van der Waals surface area contributed by atoms with Gasteiger partial charge < -0.3 is 0 Å². The van der Waals surface area contributed by atoms with Crippen molar-refractivity contribution >= 4 is 0 Å². The summed E-state index contributed by atoms with van der Waals surface area (Å²) in [6.07, 6.45) is 0.981. The maximum absolute atomic E-state index is 3.44. The van der Waals surface area contributed by atoms with Crippen LogP contribution in [0.4, 0.5) is 0 Å². The van der Waals surface area contributed by atoms with Gasteiger partial charge in [-0.25, -0.2) is 0 Å². The van der Waals surface area contributed by atoms with E-state index in [0.29, 0.717) is 5.92 Å². The summed E-state index contributed by atoms with van der Waals surface area (Å²) in [5, 5.41) is 0. The maximum Gasteiger partial charge on any atom is -0.00168 e. The van der Waals surface area contributed by atoms with Crippen LogP contribution in [0.15, 0.2) is 42.5 Å². The average Bonchev–Trinajstić information content (AvgIpc) is 2.32. The van der Waals surface area contributed by atoms with Crippen molar-refractivity contribution in [2.75, 3.05) is 0 Å². The van der Waals surface area contributed by atoms with Gasteiger partial charge in [0.2, 0.25) is 0 Å². The molecule has 0 bridgehead atoms. The van der Waals surface area contributed by atoms with Crippen LogP contribution in [0.5, 0.6) is 0 Å². The van der Waals surface area contributed by atoms with Crippen LogP contribution in [0.3, 0.4) is 0 Å². The summed E-state index contributed by atoms with van der Waals surface area (Å²) in [6, 6.07) is 18.4. The normalized spacial score (nSPS) is 10.8. The Hall–Kier alpha value is -1.56. The highest BCUT2D eigenvalue weighted by atomic mass is 14.1. The molecule has 0 heteroatoms. The molecule has 0 atom stereocenters. The molecule has 0 fully saturated rings. The van der Waals surface area contributed by atoms with Crippen LogP contribution in [0.25, 0.3) is 0 Å². The highest BCUT2D eigenvalue weighted by Gasteiger charge is 2.07. The number of benzene rings is 2. The molecule has 0 aliphatic heterocycles. The van der Waals surface area contributed by atoms with Crippen LogP contribution in [-0.2, 0) is 6.42 Å². The smallest absolute Gasteiger partial charge is 0.00168 e. The minimum Gasteiger partial charge on any atom is -0.0622 e. The Morgan fingerprint density at radius 2 is 1.82 bits per heavy atom. The first kappa shape index (κ1) is 11.9. The standard InChI is InChI=1S/C17H19/c1-13(2)17-11-14(3)9-10-16(17)12-15-7-5-4-6-8-15/h4-9,11,13H,12H2,1-3H3. The summed E-state index contributed by atoms with van der Waals surface area (Å²) in [7, 11) is 0. The van der Waals surface area contributed by atoms with Gasteiger partial charge >= 0.3 is 0 Å². The van der Waals surface area contributed by atoms with Crippen LogP contribution in [0.2, 0.25) is 0 Å². The van der Waals surface area contributed by atoms with E-state index in [1.807, 2.05) is 0 Å².